The number of nitrogens with zero attached hydrogens (tertiary/aromatic N) is 2. The number of benzene rings is 1. The first-order valence-electron chi connectivity index (χ1n) is 7.33. The molecule has 1 atom stereocenters. The van der Waals surface area contributed by atoms with E-state index in [9.17, 15) is 9.59 Å². The number of rotatable bonds is 5. The summed E-state index contributed by atoms with van der Waals surface area (Å²) in [6.45, 7) is -0.549. The van der Waals surface area contributed by atoms with E-state index in [0.717, 1.165) is 11.3 Å². The van der Waals surface area contributed by atoms with Gasteiger partial charge in [0.1, 0.15) is 11.7 Å². The lowest BCUT2D eigenvalue weighted by atomic mass is 10.2. The number of nitrogens with one attached hydrogen (secondary N) is 1. The van der Waals surface area contributed by atoms with E-state index in [4.69, 9.17) is 10.8 Å². The monoisotopic (exact) mass is 324 g/mol. The van der Waals surface area contributed by atoms with Crippen molar-refractivity contribution in [1.29, 1.82) is 0 Å². The van der Waals surface area contributed by atoms with Gasteiger partial charge in [0.2, 0.25) is 5.91 Å². The first-order valence-corrected chi connectivity index (χ1v) is 7.33. The highest BCUT2D eigenvalue weighted by Crippen LogP contribution is 2.19. The van der Waals surface area contributed by atoms with E-state index in [1.165, 1.54) is 0 Å². The van der Waals surface area contributed by atoms with E-state index in [-0.39, 0.29) is 0 Å². The lowest BCUT2D eigenvalue weighted by Crippen LogP contribution is -2.46. The lowest BCUT2D eigenvalue weighted by Gasteiger charge is -2.12. The van der Waals surface area contributed by atoms with Crippen LogP contribution in [0.3, 0.4) is 0 Å². The van der Waals surface area contributed by atoms with E-state index >= 15 is 0 Å². The molecule has 122 valence electrons. The molecule has 0 spiro atoms. The van der Waals surface area contributed by atoms with Gasteiger partial charge in [0.05, 0.1) is 17.9 Å². The number of aliphatic hydroxyl groups is 1. The van der Waals surface area contributed by atoms with Crippen LogP contribution in [-0.4, -0.2) is 39.0 Å². The minimum Gasteiger partial charge on any atom is -0.394 e. The smallest absolute Gasteiger partial charge is 0.253 e. The molecule has 2 amide bonds. The topological polar surface area (TPSA) is 110 Å². The maximum Gasteiger partial charge on any atom is 0.253 e. The van der Waals surface area contributed by atoms with Crippen molar-refractivity contribution in [2.24, 2.45) is 5.73 Å². The highest BCUT2D eigenvalue weighted by atomic mass is 16.3. The molecular weight excluding hydrogens is 308 g/mol. The van der Waals surface area contributed by atoms with Gasteiger partial charge in [0.15, 0.2) is 0 Å². The predicted molar refractivity (Wildman–Crippen MR) is 88.2 cm³/mol. The second kappa shape index (κ2) is 6.51. The molecule has 2 aromatic heterocycles. The van der Waals surface area contributed by atoms with Crippen molar-refractivity contribution >= 4 is 17.5 Å². The molecule has 0 aliphatic carbocycles. The molecule has 24 heavy (non-hydrogen) atoms. The first-order chi connectivity index (χ1) is 11.6. The van der Waals surface area contributed by atoms with Crippen LogP contribution in [-0.2, 0) is 4.79 Å². The molecule has 7 heteroatoms. The Labute approximate surface area is 137 Å². The lowest BCUT2D eigenvalue weighted by molar-refractivity contribution is -0.120. The third-order valence-corrected chi connectivity index (χ3v) is 3.61. The highest BCUT2D eigenvalue weighted by molar-refractivity contribution is 5.97. The zero-order valence-corrected chi connectivity index (χ0v) is 12.7. The molecule has 7 nitrogen and oxygen atoms in total. The second-order valence-corrected chi connectivity index (χ2v) is 5.29. The average Bonchev–Trinajstić information content (AvgIpc) is 3.03. The predicted octanol–water partition coefficient (Wildman–Crippen LogP) is 0.577. The SMILES string of the molecule is NC(=O)[C@H](CO)NC(=O)c1ccc2nc(-c3ccccc3)cn2c1. The third-order valence-electron chi connectivity index (χ3n) is 3.61. The van der Waals surface area contributed by atoms with Crippen LogP contribution in [0.5, 0.6) is 0 Å². The van der Waals surface area contributed by atoms with Gasteiger partial charge in [-0.25, -0.2) is 4.98 Å². The molecule has 3 aromatic rings. The zero-order chi connectivity index (χ0) is 17.1. The highest BCUT2D eigenvalue weighted by Gasteiger charge is 2.18. The van der Waals surface area contributed by atoms with Crippen molar-refractivity contribution in [3.63, 3.8) is 0 Å². The Balaban J connectivity index is 1.88. The van der Waals surface area contributed by atoms with Gasteiger partial charge in [-0.3, -0.25) is 9.59 Å². The summed E-state index contributed by atoms with van der Waals surface area (Å²) >= 11 is 0. The summed E-state index contributed by atoms with van der Waals surface area (Å²) in [5.74, 6) is -1.29. The van der Waals surface area contributed by atoms with Gasteiger partial charge >= 0.3 is 0 Å². The molecule has 3 rings (SSSR count). The summed E-state index contributed by atoms with van der Waals surface area (Å²) in [4.78, 5) is 27.8. The van der Waals surface area contributed by atoms with Crippen LogP contribution in [0.4, 0.5) is 0 Å². The van der Waals surface area contributed by atoms with E-state index < -0.39 is 24.5 Å². The first kappa shape index (κ1) is 15.7. The number of aromatic nitrogens is 2. The number of hydrogen-bond acceptors (Lipinski definition) is 4. The van der Waals surface area contributed by atoms with Crippen LogP contribution in [0.1, 0.15) is 10.4 Å². The molecule has 0 bridgehead atoms. The fraction of sp³-hybridized carbons (Fsp3) is 0.118. The van der Waals surface area contributed by atoms with Crippen LogP contribution in [0, 0.1) is 0 Å². The molecule has 4 N–H and O–H groups in total. The minimum absolute atomic E-state index is 0.333. The minimum atomic E-state index is -1.11. The molecule has 0 unspecified atom stereocenters. The molecule has 2 heterocycles. The van der Waals surface area contributed by atoms with Crippen LogP contribution in [0.2, 0.25) is 0 Å². The molecule has 1 aromatic carbocycles. The van der Waals surface area contributed by atoms with Gasteiger partial charge < -0.3 is 20.6 Å². The fourth-order valence-corrected chi connectivity index (χ4v) is 2.32. The molecule has 0 aliphatic heterocycles. The van der Waals surface area contributed by atoms with Crippen LogP contribution in [0.25, 0.3) is 16.9 Å². The van der Waals surface area contributed by atoms with E-state index in [2.05, 4.69) is 10.3 Å². The zero-order valence-electron chi connectivity index (χ0n) is 12.7. The van der Waals surface area contributed by atoms with Gasteiger partial charge in [-0.05, 0) is 12.1 Å². The molecular formula is C17H16N4O3. The van der Waals surface area contributed by atoms with Crippen molar-refractivity contribution in [3.05, 3.63) is 60.4 Å². The number of pyridine rings is 1. The number of amides is 2. The Kier molecular flexibility index (Phi) is 4.26. The Hall–Kier alpha value is -3.19. The standard InChI is InChI=1S/C17H16N4O3/c18-16(23)14(10-22)20-17(24)12-6-7-15-19-13(9-21(15)8-12)11-4-2-1-3-5-11/h1-9,14,22H,10H2,(H2,18,23)(H,20,24)/t14-/m0/s1. The molecule has 0 aliphatic rings. The average molecular weight is 324 g/mol. The Morgan fingerprint density at radius 1 is 1.17 bits per heavy atom. The summed E-state index contributed by atoms with van der Waals surface area (Å²) in [7, 11) is 0. The quantitative estimate of drug-likeness (QED) is 0.637. The number of aliphatic hydroxyl groups excluding tert-OH is 1. The number of carbonyl (C=O) groups excluding carboxylic acids is 2. The van der Waals surface area contributed by atoms with Crippen LogP contribution >= 0.6 is 0 Å². The summed E-state index contributed by atoms with van der Waals surface area (Å²) in [6, 6.07) is 11.9. The maximum absolute atomic E-state index is 12.2. The van der Waals surface area contributed by atoms with Crippen molar-refractivity contribution in [2.45, 2.75) is 6.04 Å². The van der Waals surface area contributed by atoms with Gasteiger partial charge in [0, 0.05) is 18.0 Å². The van der Waals surface area contributed by atoms with Crippen molar-refractivity contribution < 1.29 is 14.7 Å². The molecule has 0 saturated carbocycles. The Morgan fingerprint density at radius 2 is 1.92 bits per heavy atom. The molecule has 0 radical (unpaired) electrons. The third kappa shape index (κ3) is 3.11. The second-order valence-electron chi connectivity index (χ2n) is 5.29. The van der Waals surface area contributed by atoms with Gasteiger partial charge in [0.25, 0.3) is 5.91 Å². The summed E-state index contributed by atoms with van der Waals surface area (Å²) in [5, 5.41) is 11.5. The van der Waals surface area contributed by atoms with E-state index in [1.54, 1.807) is 22.7 Å². The van der Waals surface area contributed by atoms with Crippen LogP contribution < -0.4 is 11.1 Å². The molecule has 0 fully saturated rings. The number of imidazole rings is 1. The van der Waals surface area contributed by atoms with E-state index in [1.807, 2.05) is 36.5 Å². The van der Waals surface area contributed by atoms with Gasteiger partial charge in [-0.15, -0.1) is 0 Å². The fourth-order valence-electron chi connectivity index (χ4n) is 2.32. The van der Waals surface area contributed by atoms with Crippen LogP contribution in [0.15, 0.2) is 54.9 Å². The van der Waals surface area contributed by atoms with Gasteiger partial charge in [-0.1, -0.05) is 30.3 Å². The largest absolute Gasteiger partial charge is 0.394 e. The van der Waals surface area contributed by atoms with Crippen molar-refractivity contribution in [1.82, 2.24) is 14.7 Å². The normalized spacial score (nSPS) is 12.0. The maximum atomic E-state index is 12.2. The summed E-state index contributed by atoms with van der Waals surface area (Å²) in [6.07, 6.45) is 3.43. The Morgan fingerprint density at radius 3 is 2.58 bits per heavy atom. The Bertz CT molecular complexity index is 889. The van der Waals surface area contributed by atoms with Crippen molar-refractivity contribution in [3.8, 4) is 11.3 Å². The summed E-state index contributed by atoms with van der Waals surface area (Å²) < 4.78 is 1.73. The number of nitrogens with two attached hydrogens (primary N) is 1. The van der Waals surface area contributed by atoms with Gasteiger partial charge in [-0.2, -0.15) is 0 Å². The van der Waals surface area contributed by atoms with E-state index in [0.29, 0.717) is 11.2 Å². The molecule has 0 saturated heterocycles. The number of hydrogen-bond donors (Lipinski definition) is 3. The number of primary amides is 1. The summed E-state index contributed by atoms with van der Waals surface area (Å²) in [5.41, 5.74) is 7.89. The number of carbonyl (C=O) groups is 2. The van der Waals surface area contributed by atoms with Crippen molar-refractivity contribution in [2.75, 3.05) is 6.61 Å². The number of fused-ring (bicyclic) bond motifs is 1.